The second-order valence-corrected chi connectivity index (χ2v) is 9.93. The van der Waals surface area contributed by atoms with E-state index < -0.39 is 17.7 Å². The summed E-state index contributed by atoms with van der Waals surface area (Å²) in [5.74, 6) is -0.263. The number of benzene rings is 3. The van der Waals surface area contributed by atoms with Crippen LogP contribution in [-0.4, -0.2) is 55.6 Å². The smallest absolute Gasteiger partial charge is 0.326 e. The lowest BCUT2D eigenvalue weighted by Crippen LogP contribution is -2.53. The number of nitrogens with zero attached hydrogens (tertiary/aromatic N) is 2. The van der Waals surface area contributed by atoms with Gasteiger partial charge in [0.1, 0.15) is 18.2 Å². The lowest BCUT2D eigenvalue weighted by atomic mass is 10.1. The molecule has 3 aromatic rings. The molecule has 0 saturated carbocycles. The monoisotopic (exact) mass is 602 g/mol. The summed E-state index contributed by atoms with van der Waals surface area (Å²) in [4.78, 5) is 28.3. The summed E-state index contributed by atoms with van der Waals surface area (Å²) in [6.07, 6.45) is 0.487. The van der Waals surface area contributed by atoms with Crippen LogP contribution in [-0.2, 0) is 24.2 Å². The fourth-order valence-corrected chi connectivity index (χ4v) is 4.82. The summed E-state index contributed by atoms with van der Waals surface area (Å²) in [5.41, 5.74) is 1.68. The van der Waals surface area contributed by atoms with E-state index in [4.69, 9.17) is 14.2 Å². The van der Waals surface area contributed by atoms with Gasteiger partial charge in [0.25, 0.3) is 0 Å². The Morgan fingerprint density at radius 3 is 2.13 bits per heavy atom. The Morgan fingerprint density at radius 2 is 1.51 bits per heavy atom. The van der Waals surface area contributed by atoms with Gasteiger partial charge in [-0.1, -0.05) is 46.3 Å². The Balaban J connectivity index is 1.42. The van der Waals surface area contributed by atoms with E-state index in [1.165, 1.54) is 36.2 Å². The number of rotatable bonds is 11. The van der Waals surface area contributed by atoms with Crippen LogP contribution in [0.25, 0.3) is 0 Å². The molecule has 0 atom stereocenters. The molecule has 39 heavy (non-hydrogen) atoms. The number of carbonyl (C=O) groups excluding carboxylic acids is 2. The van der Waals surface area contributed by atoms with Crippen molar-refractivity contribution >= 4 is 27.9 Å². The highest BCUT2D eigenvalue weighted by atomic mass is 79.9. The third kappa shape index (κ3) is 6.86. The third-order valence-corrected chi connectivity index (χ3v) is 6.96. The maximum atomic E-state index is 14.2. The average molecular weight is 603 g/mol. The molecule has 0 N–H and O–H groups in total. The van der Waals surface area contributed by atoms with Gasteiger partial charge in [0, 0.05) is 36.1 Å². The molecule has 0 unspecified atom stereocenters. The van der Waals surface area contributed by atoms with Gasteiger partial charge in [-0.25, -0.2) is 13.6 Å². The molecule has 4 rings (SSSR count). The quantitative estimate of drug-likeness (QED) is 0.279. The lowest BCUT2D eigenvalue weighted by Gasteiger charge is -2.34. The molecule has 10 heteroatoms. The SMILES string of the molecule is COc1cc(CCN2C(=O)CCN(CCc3c(F)cc(Br)cc3F)C2=O)cc(OC)c1OCc1ccccc1. The predicted octanol–water partition coefficient (Wildman–Crippen LogP) is 5.76. The molecule has 3 aromatic carbocycles. The second kappa shape index (κ2) is 12.9. The molecular formula is C29H29BrF2N2O5. The minimum atomic E-state index is -0.682. The van der Waals surface area contributed by atoms with Crippen molar-refractivity contribution in [3.8, 4) is 17.2 Å². The molecule has 0 radical (unpaired) electrons. The van der Waals surface area contributed by atoms with Crippen molar-refractivity contribution in [2.24, 2.45) is 0 Å². The van der Waals surface area contributed by atoms with E-state index in [1.807, 2.05) is 30.3 Å². The molecule has 1 fully saturated rings. The van der Waals surface area contributed by atoms with E-state index in [-0.39, 0.29) is 43.9 Å². The van der Waals surface area contributed by atoms with Crippen molar-refractivity contribution in [1.82, 2.24) is 9.80 Å². The highest BCUT2D eigenvalue weighted by Crippen LogP contribution is 2.39. The van der Waals surface area contributed by atoms with Crippen LogP contribution in [0.1, 0.15) is 23.1 Å². The number of hydrogen-bond donors (Lipinski definition) is 0. The van der Waals surface area contributed by atoms with Gasteiger partial charge < -0.3 is 19.1 Å². The number of carbonyl (C=O) groups is 2. The number of ether oxygens (including phenoxy) is 3. The molecular weight excluding hydrogens is 574 g/mol. The molecule has 7 nitrogen and oxygen atoms in total. The Bertz CT molecular complexity index is 1290. The first-order chi connectivity index (χ1) is 18.8. The van der Waals surface area contributed by atoms with E-state index >= 15 is 0 Å². The number of imide groups is 1. The summed E-state index contributed by atoms with van der Waals surface area (Å²) in [6, 6.07) is 15.2. The summed E-state index contributed by atoms with van der Waals surface area (Å²) in [6.45, 7) is 0.746. The summed E-state index contributed by atoms with van der Waals surface area (Å²) >= 11 is 3.06. The molecule has 0 bridgehead atoms. The zero-order valence-corrected chi connectivity index (χ0v) is 23.3. The van der Waals surface area contributed by atoms with Gasteiger partial charge in [0.05, 0.1) is 14.2 Å². The number of hydrogen-bond acceptors (Lipinski definition) is 5. The zero-order chi connectivity index (χ0) is 27.9. The highest BCUT2D eigenvalue weighted by molar-refractivity contribution is 9.10. The minimum Gasteiger partial charge on any atom is -0.493 e. The maximum Gasteiger partial charge on any atom is 0.326 e. The minimum absolute atomic E-state index is 0.00242. The fraction of sp³-hybridized carbons (Fsp3) is 0.310. The summed E-state index contributed by atoms with van der Waals surface area (Å²) in [7, 11) is 3.06. The first-order valence-electron chi connectivity index (χ1n) is 12.4. The van der Waals surface area contributed by atoms with Crippen LogP contribution in [0.4, 0.5) is 13.6 Å². The average Bonchev–Trinajstić information content (AvgIpc) is 2.92. The Morgan fingerprint density at radius 1 is 0.872 bits per heavy atom. The van der Waals surface area contributed by atoms with Crippen LogP contribution >= 0.6 is 15.9 Å². The van der Waals surface area contributed by atoms with Gasteiger partial charge in [-0.15, -0.1) is 0 Å². The largest absolute Gasteiger partial charge is 0.493 e. The van der Waals surface area contributed by atoms with E-state index in [1.54, 1.807) is 12.1 Å². The van der Waals surface area contributed by atoms with Gasteiger partial charge in [0.15, 0.2) is 11.5 Å². The van der Waals surface area contributed by atoms with Gasteiger partial charge in [0.2, 0.25) is 11.7 Å². The summed E-state index contributed by atoms with van der Waals surface area (Å²) in [5, 5.41) is 0. The van der Waals surface area contributed by atoms with Gasteiger partial charge in [-0.05, 0) is 48.2 Å². The molecule has 0 aliphatic carbocycles. The van der Waals surface area contributed by atoms with Crippen LogP contribution < -0.4 is 14.2 Å². The van der Waals surface area contributed by atoms with Crippen LogP contribution in [0.5, 0.6) is 17.2 Å². The van der Waals surface area contributed by atoms with Gasteiger partial charge in [-0.3, -0.25) is 9.69 Å². The van der Waals surface area contributed by atoms with Crippen molar-refractivity contribution in [3.05, 3.63) is 87.4 Å². The fourth-order valence-electron chi connectivity index (χ4n) is 4.42. The molecule has 206 valence electrons. The molecule has 1 heterocycles. The normalized spacial score (nSPS) is 13.6. The van der Waals surface area contributed by atoms with Crippen LogP contribution in [0.15, 0.2) is 59.1 Å². The van der Waals surface area contributed by atoms with E-state index in [9.17, 15) is 18.4 Å². The lowest BCUT2D eigenvalue weighted by molar-refractivity contribution is -0.130. The third-order valence-electron chi connectivity index (χ3n) is 6.51. The summed E-state index contributed by atoms with van der Waals surface area (Å²) < 4.78 is 45.8. The predicted molar refractivity (Wildman–Crippen MR) is 145 cm³/mol. The van der Waals surface area contributed by atoms with E-state index in [0.717, 1.165) is 11.1 Å². The Hall–Kier alpha value is -3.66. The molecule has 1 aliphatic rings. The van der Waals surface area contributed by atoms with Crippen LogP contribution in [0.2, 0.25) is 0 Å². The van der Waals surface area contributed by atoms with Crippen molar-refractivity contribution < 1.29 is 32.6 Å². The zero-order valence-electron chi connectivity index (χ0n) is 21.7. The van der Waals surface area contributed by atoms with Crippen molar-refractivity contribution in [2.45, 2.75) is 25.9 Å². The molecule has 3 amide bonds. The van der Waals surface area contributed by atoms with E-state index in [2.05, 4.69) is 15.9 Å². The van der Waals surface area contributed by atoms with Crippen molar-refractivity contribution in [2.75, 3.05) is 33.9 Å². The van der Waals surface area contributed by atoms with Gasteiger partial charge in [-0.2, -0.15) is 0 Å². The van der Waals surface area contributed by atoms with Crippen molar-refractivity contribution in [1.29, 1.82) is 0 Å². The Kier molecular flexibility index (Phi) is 9.40. The number of amides is 3. The number of methoxy groups -OCH3 is 2. The first-order valence-corrected chi connectivity index (χ1v) is 13.2. The number of urea groups is 1. The molecule has 1 saturated heterocycles. The maximum absolute atomic E-state index is 14.2. The molecule has 0 spiro atoms. The Labute approximate surface area is 234 Å². The standard InChI is InChI=1S/C29H29BrF2N2O5/c1-37-25-14-20(15-26(38-2)28(25)39-18-19-6-4-3-5-7-19)8-13-34-27(35)10-12-33(29(34)36)11-9-22-23(31)16-21(30)17-24(22)32/h3-7,14-17H,8-13,18H2,1-2H3. The van der Waals surface area contributed by atoms with Crippen molar-refractivity contribution in [3.63, 3.8) is 0 Å². The highest BCUT2D eigenvalue weighted by Gasteiger charge is 2.32. The van der Waals surface area contributed by atoms with E-state index in [0.29, 0.717) is 34.7 Å². The van der Waals surface area contributed by atoms with Gasteiger partial charge >= 0.3 is 6.03 Å². The van der Waals surface area contributed by atoms with Crippen LogP contribution in [0, 0.1) is 11.6 Å². The topological polar surface area (TPSA) is 68.3 Å². The molecule has 0 aromatic heterocycles. The first kappa shape index (κ1) is 28.4. The second-order valence-electron chi connectivity index (χ2n) is 9.02. The van der Waals surface area contributed by atoms with Crippen LogP contribution in [0.3, 0.4) is 0 Å². The number of halogens is 3. The molecule has 1 aliphatic heterocycles.